The Bertz CT molecular complexity index is 1120. The summed E-state index contributed by atoms with van der Waals surface area (Å²) in [5.41, 5.74) is 1.32. The number of morpholine rings is 1. The number of anilines is 2. The lowest BCUT2D eigenvalue weighted by Gasteiger charge is -2.30. The second kappa shape index (κ2) is 8.51. The first-order valence-electron chi connectivity index (χ1n) is 9.83. The molecule has 7 heteroatoms. The smallest absolute Gasteiger partial charge is 0.291 e. The van der Waals surface area contributed by atoms with Crippen molar-refractivity contribution in [2.45, 2.75) is 13.0 Å². The number of aldehydes is 1. The third-order valence-electron chi connectivity index (χ3n) is 5.31. The van der Waals surface area contributed by atoms with Gasteiger partial charge in [-0.15, -0.1) is 0 Å². The van der Waals surface area contributed by atoms with Gasteiger partial charge in [-0.1, -0.05) is 36.4 Å². The minimum Gasteiger partial charge on any atom is -0.438 e. The molecule has 0 aliphatic carbocycles. The minimum atomic E-state index is -0.710. The van der Waals surface area contributed by atoms with Crippen molar-refractivity contribution in [3.63, 3.8) is 0 Å². The molecular weight excluding hydrogens is 384 g/mol. The quantitative estimate of drug-likeness (QED) is 0.479. The van der Waals surface area contributed by atoms with E-state index in [0.717, 1.165) is 5.56 Å². The molecule has 4 rings (SSSR count). The molecule has 154 valence electrons. The summed E-state index contributed by atoms with van der Waals surface area (Å²) in [6.07, 6.45) is 0.280. The summed E-state index contributed by atoms with van der Waals surface area (Å²) in [5, 5.41) is 0.355. The third-order valence-corrected chi connectivity index (χ3v) is 5.31. The van der Waals surface area contributed by atoms with Crippen LogP contribution in [0.3, 0.4) is 0 Å². The van der Waals surface area contributed by atoms with E-state index in [1.807, 2.05) is 42.2 Å². The van der Waals surface area contributed by atoms with Gasteiger partial charge in [0.1, 0.15) is 0 Å². The fraction of sp³-hybridized carbons (Fsp3) is 0.261. The van der Waals surface area contributed by atoms with Crippen LogP contribution in [0.4, 0.5) is 11.6 Å². The highest BCUT2D eigenvalue weighted by Crippen LogP contribution is 2.34. The second-order valence-electron chi connectivity index (χ2n) is 7.11. The molecule has 1 aliphatic heterocycles. The number of fused-ring (bicyclic) bond motifs is 1. The summed E-state index contributed by atoms with van der Waals surface area (Å²) in [6.45, 7) is 4.13. The van der Waals surface area contributed by atoms with Crippen LogP contribution >= 0.6 is 0 Å². The van der Waals surface area contributed by atoms with Crippen molar-refractivity contribution < 1.29 is 18.7 Å². The SMILES string of the molecule is CC(c1ccccc1)N(C(=O)C=O)c1cccc2c(=O)cc(N3CCOCC3)oc12. The summed E-state index contributed by atoms with van der Waals surface area (Å²) < 4.78 is 11.5. The van der Waals surface area contributed by atoms with E-state index in [4.69, 9.17) is 9.15 Å². The zero-order chi connectivity index (χ0) is 21.1. The van der Waals surface area contributed by atoms with Gasteiger partial charge in [0.25, 0.3) is 5.91 Å². The summed E-state index contributed by atoms with van der Waals surface area (Å²) in [5.74, 6) is -0.285. The van der Waals surface area contributed by atoms with Gasteiger partial charge < -0.3 is 14.1 Å². The topological polar surface area (TPSA) is 80.1 Å². The van der Waals surface area contributed by atoms with Crippen molar-refractivity contribution in [1.82, 2.24) is 0 Å². The number of ether oxygens (including phenoxy) is 1. The molecule has 1 saturated heterocycles. The number of rotatable bonds is 5. The van der Waals surface area contributed by atoms with Crippen LogP contribution in [0.25, 0.3) is 11.0 Å². The van der Waals surface area contributed by atoms with Crippen LogP contribution in [0.2, 0.25) is 0 Å². The van der Waals surface area contributed by atoms with E-state index in [0.29, 0.717) is 43.3 Å². The molecule has 30 heavy (non-hydrogen) atoms. The van der Waals surface area contributed by atoms with Crippen LogP contribution in [0, 0.1) is 0 Å². The van der Waals surface area contributed by atoms with Gasteiger partial charge in [-0.25, -0.2) is 0 Å². The Balaban J connectivity index is 1.88. The molecule has 1 aromatic heterocycles. The lowest BCUT2D eigenvalue weighted by molar-refractivity contribution is -0.129. The van der Waals surface area contributed by atoms with Gasteiger partial charge in [-0.3, -0.25) is 19.3 Å². The van der Waals surface area contributed by atoms with Crippen molar-refractivity contribution in [2.75, 3.05) is 36.1 Å². The fourth-order valence-electron chi connectivity index (χ4n) is 3.73. The molecule has 0 N–H and O–H groups in total. The number of nitrogens with zero attached hydrogens (tertiary/aromatic N) is 2. The zero-order valence-electron chi connectivity index (χ0n) is 16.6. The average Bonchev–Trinajstić information content (AvgIpc) is 2.80. The number of benzene rings is 2. The Labute approximate surface area is 173 Å². The van der Waals surface area contributed by atoms with Crippen molar-refractivity contribution >= 4 is 34.7 Å². The fourth-order valence-corrected chi connectivity index (χ4v) is 3.73. The maximum absolute atomic E-state index is 12.8. The van der Waals surface area contributed by atoms with Gasteiger partial charge >= 0.3 is 0 Å². The summed E-state index contributed by atoms with van der Waals surface area (Å²) in [7, 11) is 0. The van der Waals surface area contributed by atoms with E-state index < -0.39 is 11.9 Å². The Morgan fingerprint density at radius 2 is 1.83 bits per heavy atom. The second-order valence-corrected chi connectivity index (χ2v) is 7.11. The van der Waals surface area contributed by atoms with Crippen LogP contribution in [-0.2, 0) is 14.3 Å². The predicted molar refractivity (Wildman–Crippen MR) is 114 cm³/mol. The third kappa shape index (κ3) is 3.71. The van der Waals surface area contributed by atoms with E-state index in [1.54, 1.807) is 18.2 Å². The van der Waals surface area contributed by atoms with Crippen molar-refractivity contribution in [1.29, 1.82) is 0 Å². The van der Waals surface area contributed by atoms with Crippen LogP contribution in [0.15, 0.2) is 63.8 Å². The van der Waals surface area contributed by atoms with Crippen LogP contribution in [-0.4, -0.2) is 38.5 Å². The van der Waals surface area contributed by atoms with Crippen molar-refractivity contribution in [3.05, 3.63) is 70.4 Å². The highest BCUT2D eigenvalue weighted by molar-refractivity contribution is 6.31. The molecule has 3 aromatic rings. The van der Waals surface area contributed by atoms with Gasteiger partial charge in [-0.05, 0) is 24.6 Å². The van der Waals surface area contributed by atoms with E-state index in [1.165, 1.54) is 11.0 Å². The maximum Gasteiger partial charge on any atom is 0.291 e. The molecule has 7 nitrogen and oxygen atoms in total. The number of hydrogen-bond donors (Lipinski definition) is 0. The summed E-state index contributed by atoms with van der Waals surface area (Å²) in [6, 6.07) is 15.5. The van der Waals surface area contributed by atoms with Crippen LogP contribution < -0.4 is 15.2 Å². The normalized spacial score (nSPS) is 15.0. The molecule has 1 unspecified atom stereocenters. The lowest BCUT2D eigenvalue weighted by Crippen LogP contribution is -2.37. The molecule has 1 atom stereocenters. The summed E-state index contributed by atoms with van der Waals surface area (Å²) >= 11 is 0. The van der Waals surface area contributed by atoms with Gasteiger partial charge in [0.05, 0.1) is 30.3 Å². The van der Waals surface area contributed by atoms with Gasteiger partial charge in [0, 0.05) is 19.2 Å². The maximum atomic E-state index is 12.8. The predicted octanol–water partition coefficient (Wildman–Crippen LogP) is 2.92. The van der Waals surface area contributed by atoms with Gasteiger partial charge in [-0.2, -0.15) is 0 Å². The molecule has 1 aliphatic rings. The summed E-state index contributed by atoms with van der Waals surface area (Å²) in [4.78, 5) is 40.2. The molecule has 0 saturated carbocycles. The molecule has 0 radical (unpaired) electrons. The zero-order valence-corrected chi connectivity index (χ0v) is 16.6. The van der Waals surface area contributed by atoms with Crippen LogP contribution in [0.5, 0.6) is 0 Å². The molecular formula is C23H22N2O5. The first kappa shape index (κ1) is 19.8. The highest BCUT2D eigenvalue weighted by Gasteiger charge is 2.26. The minimum absolute atomic E-state index is 0.203. The Hall–Kier alpha value is -3.45. The van der Waals surface area contributed by atoms with Gasteiger partial charge in [0.15, 0.2) is 16.9 Å². The lowest BCUT2D eigenvalue weighted by atomic mass is 10.1. The number of hydrogen-bond acceptors (Lipinski definition) is 6. The Morgan fingerprint density at radius 1 is 1.10 bits per heavy atom. The molecule has 1 amide bonds. The molecule has 0 bridgehead atoms. The molecule has 0 spiro atoms. The number of amides is 1. The Morgan fingerprint density at radius 3 is 2.53 bits per heavy atom. The molecule has 2 heterocycles. The Kier molecular flexibility index (Phi) is 5.63. The van der Waals surface area contributed by atoms with E-state index in [2.05, 4.69) is 0 Å². The van der Waals surface area contributed by atoms with Crippen LogP contribution in [0.1, 0.15) is 18.5 Å². The molecule has 1 fully saturated rings. The van der Waals surface area contributed by atoms with E-state index >= 15 is 0 Å². The average molecular weight is 406 g/mol. The number of carbonyl (C=O) groups is 2. The van der Waals surface area contributed by atoms with Crippen molar-refractivity contribution in [2.24, 2.45) is 0 Å². The molecule has 2 aromatic carbocycles. The standard InChI is InChI=1S/C23H22N2O5/c1-16(17-6-3-2-4-7-17)25(21(28)15-26)19-9-5-8-18-20(27)14-22(30-23(18)19)24-10-12-29-13-11-24/h2-9,14-16H,10-13H2,1H3. The monoisotopic (exact) mass is 406 g/mol. The van der Waals surface area contributed by atoms with E-state index in [9.17, 15) is 14.4 Å². The van der Waals surface area contributed by atoms with E-state index in [-0.39, 0.29) is 17.3 Å². The number of para-hydroxylation sites is 1. The van der Waals surface area contributed by atoms with Crippen molar-refractivity contribution in [3.8, 4) is 0 Å². The largest absolute Gasteiger partial charge is 0.438 e. The first-order chi connectivity index (χ1) is 14.6. The first-order valence-corrected chi connectivity index (χ1v) is 9.83. The highest BCUT2D eigenvalue weighted by atomic mass is 16.5. The number of carbonyl (C=O) groups excluding carboxylic acids is 2. The van der Waals surface area contributed by atoms with Gasteiger partial charge in [0.2, 0.25) is 6.29 Å².